The van der Waals surface area contributed by atoms with E-state index in [0.29, 0.717) is 26.3 Å². The highest BCUT2D eigenvalue weighted by Gasteiger charge is 2.29. The number of carbonyl (C=O) groups excluding carboxylic acids is 1. The first-order valence-electron chi connectivity index (χ1n) is 5.95. The van der Waals surface area contributed by atoms with E-state index in [0.717, 1.165) is 13.0 Å². The van der Waals surface area contributed by atoms with E-state index in [4.69, 9.17) is 15.2 Å². The Bertz CT molecular complexity index is 229. The zero-order chi connectivity index (χ0) is 12.0. The predicted molar refractivity (Wildman–Crippen MR) is 68.3 cm³/mol. The van der Waals surface area contributed by atoms with Gasteiger partial charge in [0.1, 0.15) is 6.04 Å². The lowest BCUT2D eigenvalue weighted by Crippen LogP contribution is -2.52. The monoisotopic (exact) mass is 266 g/mol. The minimum atomic E-state index is -0.155. The number of hydrogen-bond donors (Lipinski definition) is 1. The molecule has 0 amide bonds. The van der Waals surface area contributed by atoms with Gasteiger partial charge in [-0.15, -0.1) is 12.4 Å². The number of rotatable bonds is 5. The molecule has 0 aromatic rings. The third kappa shape index (κ3) is 4.79. The molecule has 2 atom stereocenters. The van der Waals surface area contributed by atoms with Crippen LogP contribution in [0.3, 0.4) is 0 Å². The number of nitrogens with zero attached hydrogens (tertiary/aromatic N) is 1. The molecular formula is C11H23ClN2O3. The van der Waals surface area contributed by atoms with Crippen molar-refractivity contribution in [1.82, 2.24) is 4.90 Å². The van der Waals surface area contributed by atoms with Gasteiger partial charge in [-0.3, -0.25) is 9.69 Å². The summed E-state index contributed by atoms with van der Waals surface area (Å²) in [5.74, 6) is -0.136. The molecule has 1 heterocycles. The summed E-state index contributed by atoms with van der Waals surface area (Å²) in [6.45, 7) is 6.87. The fourth-order valence-electron chi connectivity index (χ4n) is 1.98. The second-order valence-electron chi connectivity index (χ2n) is 3.90. The molecule has 1 fully saturated rings. The van der Waals surface area contributed by atoms with Gasteiger partial charge < -0.3 is 15.2 Å². The molecule has 0 aliphatic carbocycles. The maximum Gasteiger partial charge on any atom is 0.323 e. The van der Waals surface area contributed by atoms with E-state index >= 15 is 0 Å². The number of morpholine rings is 1. The van der Waals surface area contributed by atoms with Crippen LogP contribution in [-0.4, -0.2) is 55.9 Å². The molecule has 6 heteroatoms. The van der Waals surface area contributed by atoms with E-state index in [1.807, 2.05) is 13.8 Å². The zero-order valence-electron chi connectivity index (χ0n) is 10.6. The molecule has 2 unspecified atom stereocenters. The van der Waals surface area contributed by atoms with Crippen molar-refractivity contribution < 1.29 is 14.3 Å². The van der Waals surface area contributed by atoms with Crippen molar-refractivity contribution in [2.75, 3.05) is 32.8 Å². The van der Waals surface area contributed by atoms with Gasteiger partial charge in [0.05, 0.1) is 19.3 Å². The fourth-order valence-corrected chi connectivity index (χ4v) is 1.98. The van der Waals surface area contributed by atoms with E-state index < -0.39 is 0 Å². The van der Waals surface area contributed by atoms with Crippen LogP contribution in [0.1, 0.15) is 20.3 Å². The smallest absolute Gasteiger partial charge is 0.323 e. The van der Waals surface area contributed by atoms with E-state index in [1.54, 1.807) is 0 Å². The second kappa shape index (κ2) is 8.69. The number of halogens is 1. The molecule has 102 valence electrons. The Morgan fingerprint density at radius 1 is 1.59 bits per heavy atom. The summed E-state index contributed by atoms with van der Waals surface area (Å²) in [6, 6.07) is -0.155. The van der Waals surface area contributed by atoms with Gasteiger partial charge in [-0.1, -0.05) is 6.92 Å². The van der Waals surface area contributed by atoms with Crippen molar-refractivity contribution in [2.45, 2.75) is 32.4 Å². The maximum atomic E-state index is 11.7. The molecule has 2 N–H and O–H groups in total. The predicted octanol–water partition coefficient (Wildman–Crippen LogP) is 0.409. The van der Waals surface area contributed by atoms with Crippen LogP contribution >= 0.6 is 12.4 Å². The van der Waals surface area contributed by atoms with E-state index in [9.17, 15) is 4.79 Å². The zero-order valence-corrected chi connectivity index (χ0v) is 11.4. The molecule has 1 aliphatic heterocycles. The first kappa shape index (κ1) is 16.6. The lowest BCUT2D eigenvalue weighted by Gasteiger charge is -2.36. The Balaban J connectivity index is 0.00000256. The molecule has 0 radical (unpaired) electrons. The van der Waals surface area contributed by atoms with E-state index in [-0.39, 0.29) is 30.5 Å². The Labute approximate surface area is 109 Å². The first-order chi connectivity index (χ1) is 7.72. The lowest BCUT2D eigenvalue weighted by molar-refractivity contribution is -0.152. The molecule has 1 saturated heterocycles. The SMILES string of the molecule is CCOC(=O)C(CC)N1CCOC(CN)C1.Cl. The first-order valence-corrected chi connectivity index (χ1v) is 5.95. The van der Waals surface area contributed by atoms with Crippen molar-refractivity contribution in [3.63, 3.8) is 0 Å². The van der Waals surface area contributed by atoms with Crippen LogP contribution in [-0.2, 0) is 14.3 Å². The van der Waals surface area contributed by atoms with Gasteiger partial charge in [0.25, 0.3) is 0 Å². The van der Waals surface area contributed by atoms with Crippen LogP contribution in [0.25, 0.3) is 0 Å². The Kier molecular flexibility index (Phi) is 8.51. The van der Waals surface area contributed by atoms with Gasteiger partial charge in [0.15, 0.2) is 0 Å². The quantitative estimate of drug-likeness (QED) is 0.730. The van der Waals surface area contributed by atoms with E-state index in [1.165, 1.54) is 0 Å². The number of hydrogen-bond acceptors (Lipinski definition) is 5. The third-order valence-electron chi connectivity index (χ3n) is 2.82. The highest BCUT2D eigenvalue weighted by molar-refractivity contribution is 5.85. The van der Waals surface area contributed by atoms with Crippen molar-refractivity contribution in [2.24, 2.45) is 5.73 Å². The molecule has 0 spiro atoms. The summed E-state index contributed by atoms with van der Waals surface area (Å²) in [5.41, 5.74) is 5.57. The van der Waals surface area contributed by atoms with Gasteiger partial charge in [0, 0.05) is 19.6 Å². The minimum absolute atomic E-state index is 0. The van der Waals surface area contributed by atoms with Crippen LogP contribution in [0, 0.1) is 0 Å². The highest BCUT2D eigenvalue weighted by atomic mass is 35.5. The highest BCUT2D eigenvalue weighted by Crippen LogP contribution is 2.12. The molecule has 17 heavy (non-hydrogen) atoms. The standard InChI is InChI=1S/C11H22N2O3.ClH/c1-3-10(11(14)15-4-2)13-5-6-16-9(7-12)8-13;/h9-10H,3-8,12H2,1-2H3;1H. The normalized spacial score (nSPS) is 22.6. The Morgan fingerprint density at radius 3 is 2.82 bits per heavy atom. The Hall–Kier alpha value is -0.360. The van der Waals surface area contributed by atoms with Gasteiger partial charge in [-0.05, 0) is 13.3 Å². The van der Waals surface area contributed by atoms with E-state index in [2.05, 4.69) is 4.90 Å². The number of esters is 1. The van der Waals surface area contributed by atoms with Crippen LogP contribution in [0.5, 0.6) is 0 Å². The van der Waals surface area contributed by atoms with Crippen LogP contribution < -0.4 is 5.73 Å². The summed E-state index contributed by atoms with van der Waals surface area (Å²) >= 11 is 0. The lowest BCUT2D eigenvalue weighted by atomic mass is 10.1. The average molecular weight is 267 g/mol. The third-order valence-corrected chi connectivity index (χ3v) is 2.82. The van der Waals surface area contributed by atoms with Crippen molar-refractivity contribution in [1.29, 1.82) is 0 Å². The second-order valence-corrected chi connectivity index (χ2v) is 3.90. The molecule has 5 nitrogen and oxygen atoms in total. The number of ether oxygens (including phenoxy) is 2. The maximum absolute atomic E-state index is 11.7. The minimum Gasteiger partial charge on any atom is -0.465 e. The molecule has 1 aliphatic rings. The summed E-state index contributed by atoms with van der Waals surface area (Å²) in [4.78, 5) is 13.8. The molecular weight excluding hydrogens is 244 g/mol. The summed E-state index contributed by atoms with van der Waals surface area (Å²) in [5, 5.41) is 0. The van der Waals surface area contributed by atoms with Crippen molar-refractivity contribution >= 4 is 18.4 Å². The average Bonchev–Trinajstić information content (AvgIpc) is 2.31. The topological polar surface area (TPSA) is 64.8 Å². The fraction of sp³-hybridized carbons (Fsp3) is 0.909. The molecule has 0 aromatic heterocycles. The summed E-state index contributed by atoms with van der Waals surface area (Å²) in [6.07, 6.45) is 0.799. The van der Waals surface area contributed by atoms with Gasteiger partial charge in [-0.25, -0.2) is 0 Å². The number of carbonyl (C=O) groups is 1. The van der Waals surface area contributed by atoms with Crippen LogP contribution in [0.15, 0.2) is 0 Å². The van der Waals surface area contributed by atoms with Gasteiger partial charge in [-0.2, -0.15) is 0 Å². The Morgan fingerprint density at radius 2 is 2.29 bits per heavy atom. The van der Waals surface area contributed by atoms with Crippen molar-refractivity contribution in [3.05, 3.63) is 0 Å². The van der Waals surface area contributed by atoms with Gasteiger partial charge >= 0.3 is 5.97 Å². The van der Waals surface area contributed by atoms with Crippen LogP contribution in [0.2, 0.25) is 0 Å². The number of nitrogens with two attached hydrogens (primary N) is 1. The largest absolute Gasteiger partial charge is 0.465 e. The molecule has 0 saturated carbocycles. The van der Waals surface area contributed by atoms with Gasteiger partial charge in [0.2, 0.25) is 0 Å². The summed E-state index contributed by atoms with van der Waals surface area (Å²) < 4.78 is 10.5. The molecule has 0 bridgehead atoms. The molecule has 0 aromatic carbocycles. The summed E-state index contributed by atoms with van der Waals surface area (Å²) in [7, 11) is 0. The molecule has 1 rings (SSSR count). The van der Waals surface area contributed by atoms with Crippen LogP contribution in [0.4, 0.5) is 0 Å². The van der Waals surface area contributed by atoms with Crippen molar-refractivity contribution in [3.8, 4) is 0 Å².